The molecule has 0 saturated carbocycles. The van der Waals surface area contributed by atoms with Gasteiger partial charge >= 0.3 is 0 Å². The highest BCUT2D eigenvalue weighted by Crippen LogP contribution is 2.13. The lowest BCUT2D eigenvalue weighted by Gasteiger charge is -2.33. The Morgan fingerprint density at radius 1 is 1.26 bits per heavy atom. The Kier molecular flexibility index (Phi) is 6.42. The lowest BCUT2D eigenvalue weighted by molar-refractivity contribution is 0.186. The van der Waals surface area contributed by atoms with Gasteiger partial charge in [0.15, 0.2) is 0 Å². The first-order chi connectivity index (χ1) is 9.38. The van der Waals surface area contributed by atoms with E-state index in [1.165, 1.54) is 24.9 Å². The van der Waals surface area contributed by atoms with E-state index in [1.807, 2.05) is 6.08 Å². The zero-order valence-corrected chi connectivity index (χ0v) is 12.1. The predicted molar refractivity (Wildman–Crippen MR) is 82.6 cm³/mol. The van der Waals surface area contributed by atoms with E-state index in [-0.39, 0.29) is 0 Å². The highest BCUT2D eigenvalue weighted by molar-refractivity contribution is 6.18. The first-order valence-electron chi connectivity index (χ1n) is 7.09. The van der Waals surface area contributed by atoms with Gasteiger partial charge in [0, 0.05) is 31.6 Å². The van der Waals surface area contributed by atoms with E-state index in [0.717, 1.165) is 19.6 Å². The number of benzene rings is 1. The number of nitrogens with one attached hydrogen (secondary N) is 1. The number of nitrogens with zero attached hydrogens (tertiary/aromatic N) is 1. The summed E-state index contributed by atoms with van der Waals surface area (Å²) in [6, 6.07) is 11.3. The summed E-state index contributed by atoms with van der Waals surface area (Å²) in [7, 11) is 0. The molecule has 1 fully saturated rings. The Morgan fingerprint density at radius 2 is 2.11 bits per heavy atom. The Labute approximate surface area is 121 Å². The summed E-state index contributed by atoms with van der Waals surface area (Å²) < 4.78 is 0. The van der Waals surface area contributed by atoms with Crippen LogP contribution < -0.4 is 5.32 Å². The quantitative estimate of drug-likeness (QED) is 0.636. The smallest absolute Gasteiger partial charge is 0.0404 e. The van der Waals surface area contributed by atoms with Crippen molar-refractivity contribution in [1.82, 2.24) is 10.2 Å². The van der Waals surface area contributed by atoms with Gasteiger partial charge in [-0.2, -0.15) is 0 Å². The number of hydrogen-bond acceptors (Lipinski definition) is 2. The van der Waals surface area contributed by atoms with E-state index in [2.05, 4.69) is 46.6 Å². The number of allylic oxidation sites excluding steroid dienone is 1. The van der Waals surface area contributed by atoms with Crippen LogP contribution in [0.15, 0.2) is 42.5 Å². The Hall–Kier alpha value is -0.830. The zero-order chi connectivity index (χ0) is 13.3. The molecule has 1 saturated heterocycles. The van der Waals surface area contributed by atoms with Crippen molar-refractivity contribution in [3.8, 4) is 0 Å². The van der Waals surface area contributed by atoms with Crippen LogP contribution >= 0.6 is 11.6 Å². The van der Waals surface area contributed by atoms with Crippen molar-refractivity contribution in [2.45, 2.75) is 25.4 Å². The molecule has 0 spiro atoms. The summed E-state index contributed by atoms with van der Waals surface area (Å²) in [4.78, 5) is 2.54. The average Bonchev–Trinajstić information content (AvgIpc) is 2.45. The normalized spacial score (nSPS) is 21.0. The topological polar surface area (TPSA) is 15.3 Å². The molecule has 0 radical (unpaired) electrons. The van der Waals surface area contributed by atoms with Gasteiger partial charge in [0.05, 0.1) is 0 Å². The Bertz CT molecular complexity index is 378. The van der Waals surface area contributed by atoms with E-state index in [4.69, 9.17) is 11.6 Å². The molecule has 0 aromatic heterocycles. The van der Waals surface area contributed by atoms with Crippen molar-refractivity contribution < 1.29 is 0 Å². The maximum Gasteiger partial charge on any atom is 0.0404 e. The van der Waals surface area contributed by atoms with Crippen molar-refractivity contribution in [3.63, 3.8) is 0 Å². The molecule has 19 heavy (non-hydrogen) atoms. The van der Waals surface area contributed by atoms with Crippen molar-refractivity contribution >= 4 is 11.6 Å². The number of hydrogen-bond donors (Lipinski definition) is 1. The third-order valence-electron chi connectivity index (χ3n) is 3.53. The lowest BCUT2D eigenvalue weighted by Crippen LogP contribution is -2.45. The lowest BCUT2D eigenvalue weighted by atomic mass is 10.0. The molecule has 2 nitrogen and oxygen atoms in total. The van der Waals surface area contributed by atoms with E-state index < -0.39 is 0 Å². The first kappa shape index (κ1) is 14.6. The van der Waals surface area contributed by atoms with Crippen LogP contribution in [0, 0.1) is 0 Å². The molecule has 1 N–H and O–H groups in total. The van der Waals surface area contributed by atoms with Crippen LogP contribution in [0.25, 0.3) is 0 Å². The SMILES string of the molecule is ClC/C=C/CNC1CCCN(Cc2ccccc2)C1. The zero-order valence-electron chi connectivity index (χ0n) is 11.4. The summed E-state index contributed by atoms with van der Waals surface area (Å²) in [5.41, 5.74) is 1.41. The van der Waals surface area contributed by atoms with Gasteiger partial charge < -0.3 is 5.32 Å². The van der Waals surface area contributed by atoms with Crippen molar-refractivity contribution in [1.29, 1.82) is 0 Å². The van der Waals surface area contributed by atoms with E-state index in [0.29, 0.717) is 11.9 Å². The fourth-order valence-corrected chi connectivity index (χ4v) is 2.71. The van der Waals surface area contributed by atoms with E-state index in [9.17, 15) is 0 Å². The molecule has 2 rings (SSSR count). The number of rotatable bonds is 6. The second-order valence-corrected chi connectivity index (χ2v) is 5.40. The number of piperidine rings is 1. The molecule has 1 atom stereocenters. The molecule has 1 aliphatic rings. The molecule has 3 heteroatoms. The van der Waals surface area contributed by atoms with Crippen molar-refractivity contribution in [3.05, 3.63) is 48.0 Å². The molecule has 1 heterocycles. The van der Waals surface area contributed by atoms with Gasteiger partial charge in [-0.15, -0.1) is 11.6 Å². The van der Waals surface area contributed by atoms with E-state index >= 15 is 0 Å². The molecular weight excluding hydrogens is 256 g/mol. The molecule has 1 unspecified atom stereocenters. The second-order valence-electron chi connectivity index (χ2n) is 5.09. The standard InChI is InChI=1S/C16H23ClN2/c17-10-4-5-11-18-16-9-6-12-19(14-16)13-15-7-2-1-3-8-15/h1-5,7-8,16,18H,6,9-14H2/b5-4+. The van der Waals surface area contributed by atoms with Crippen LogP contribution in [0.4, 0.5) is 0 Å². The molecule has 104 valence electrons. The largest absolute Gasteiger partial charge is 0.309 e. The van der Waals surface area contributed by atoms with E-state index in [1.54, 1.807) is 0 Å². The van der Waals surface area contributed by atoms with Crippen LogP contribution in [0.3, 0.4) is 0 Å². The van der Waals surface area contributed by atoms with Gasteiger partial charge in [0.2, 0.25) is 0 Å². The molecular formula is C16H23ClN2. The fourth-order valence-electron chi connectivity index (χ4n) is 2.59. The summed E-state index contributed by atoms with van der Waals surface area (Å²) in [5.74, 6) is 0.604. The highest BCUT2D eigenvalue weighted by atomic mass is 35.5. The van der Waals surface area contributed by atoms with Crippen LogP contribution in [0.5, 0.6) is 0 Å². The summed E-state index contributed by atoms with van der Waals surface area (Å²) in [5, 5.41) is 3.59. The summed E-state index contributed by atoms with van der Waals surface area (Å²) >= 11 is 5.61. The minimum atomic E-state index is 0.604. The van der Waals surface area contributed by atoms with Gasteiger partial charge in [-0.25, -0.2) is 0 Å². The van der Waals surface area contributed by atoms with Crippen LogP contribution in [0.2, 0.25) is 0 Å². The van der Waals surface area contributed by atoms with Gasteiger partial charge in [0.1, 0.15) is 0 Å². The van der Waals surface area contributed by atoms with Crippen LogP contribution in [-0.4, -0.2) is 36.5 Å². The third kappa shape index (κ3) is 5.35. The second kappa shape index (κ2) is 8.36. The monoisotopic (exact) mass is 278 g/mol. The highest BCUT2D eigenvalue weighted by Gasteiger charge is 2.18. The number of alkyl halides is 1. The summed E-state index contributed by atoms with van der Waals surface area (Å²) in [6.45, 7) is 4.35. The van der Waals surface area contributed by atoms with Gasteiger partial charge in [-0.1, -0.05) is 42.5 Å². The predicted octanol–water partition coefficient (Wildman–Crippen LogP) is 3.04. The molecule has 1 aliphatic heterocycles. The first-order valence-corrected chi connectivity index (χ1v) is 7.62. The van der Waals surface area contributed by atoms with Crippen LogP contribution in [0.1, 0.15) is 18.4 Å². The van der Waals surface area contributed by atoms with Crippen LogP contribution in [-0.2, 0) is 6.54 Å². The van der Waals surface area contributed by atoms with Gasteiger partial charge in [0.25, 0.3) is 0 Å². The molecule has 0 bridgehead atoms. The van der Waals surface area contributed by atoms with Crippen molar-refractivity contribution in [2.24, 2.45) is 0 Å². The summed E-state index contributed by atoms with van der Waals surface area (Å²) in [6.07, 6.45) is 6.67. The molecule has 1 aromatic rings. The van der Waals surface area contributed by atoms with Gasteiger partial charge in [-0.3, -0.25) is 4.90 Å². The maximum atomic E-state index is 5.61. The maximum absolute atomic E-state index is 5.61. The number of halogens is 1. The fraction of sp³-hybridized carbons (Fsp3) is 0.500. The minimum Gasteiger partial charge on any atom is -0.309 e. The minimum absolute atomic E-state index is 0.604. The molecule has 1 aromatic carbocycles. The Balaban J connectivity index is 1.75. The number of likely N-dealkylation sites (tertiary alicyclic amines) is 1. The van der Waals surface area contributed by atoms with Gasteiger partial charge in [-0.05, 0) is 24.9 Å². The van der Waals surface area contributed by atoms with Crippen molar-refractivity contribution in [2.75, 3.05) is 25.5 Å². The molecule has 0 amide bonds. The molecule has 0 aliphatic carbocycles. The average molecular weight is 279 g/mol. The third-order valence-corrected chi connectivity index (χ3v) is 3.71. The Morgan fingerprint density at radius 3 is 2.89 bits per heavy atom.